The molecule has 0 amide bonds. The van der Waals surface area contributed by atoms with Crippen LogP contribution in [0.5, 0.6) is 0 Å². The van der Waals surface area contributed by atoms with Gasteiger partial charge in [-0.3, -0.25) is 0 Å². The SMILES string of the molecule is CCc1nc(C)cn1C(C)C#N.CCc1nc(C)cn1C(C)C#N.CCc1nc(C)cn1C(C)C#N.O=C(O)c1ccc(C(=O)O)c(C(=O)O)c1. The fraction of sp³-hybridized carbons (Fsp3) is 0.417. The van der Waals surface area contributed by atoms with Gasteiger partial charge in [0, 0.05) is 37.9 Å². The Kier molecular flexibility index (Phi) is 17.0. The fourth-order valence-electron chi connectivity index (χ4n) is 4.72. The van der Waals surface area contributed by atoms with E-state index in [0.717, 1.165) is 72.0 Å². The zero-order valence-electron chi connectivity index (χ0n) is 30.4. The van der Waals surface area contributed by atoms with Crippen LogP contribution in [0.2, 0.25) is 0 Å². The van der Waals surface area contributed by atoms with E-state index in [1.807, 2.05) is 94.6 Å². The molecular weight excluding hydrogens is 654 g/mol. The monoisotopic (exact) mass is 699 g/mol. The number of aromatic carboxylic acids is 3. The smallest absolute Gasteiger partial charge is 0.336 e. The lowest BCUT2D eigenvalue weighted by molar-refractivity contribution is 0.0649. The molecule has 0 saturated heterocycles. The van der Waals surface area contributed by atoms with Gasteiger partial charge >= 0.3 is 17.9 Å². The maximum atomic E-state index is 10.6. The molecule has 0 aliphatic rings. The van der Waals surface area contributed by atoms with Gasteiger partial charge < -0.3 is 29.0 Å². The van der Waals surface area contributed by atoms with E-state index in [1.165, 1.54) is 0 Å². The van der Waals surface area contributed by atoms with Crippen molar-refractivity contribution in [2.75, 3.05) is 0 Å². The van der Waals surface area contributed by atoms with Gasteiger partial charge in [0.25, 0.3) is 0 Å². The number of nitrogens with zero attached hydrogens (tertiary/aromatic N) is 9. The summed E-state index contributed by atoms with van der Waals surface area (Å²) >= 11 is 0. The number of rotatable bonds is 9. The highest BCUT2D eigenvalue weighted by atomic mass is 16.4. The average molecular weight is 700 g/mol. The van der Waals surface area contributed by atoms with E-state index in [1.54, 1.807) is 0 Å². The van der Waals surface area contributed by atoms with E-state index in [2.05, 4.69) is 33.2 Å². The number of carbonyl (C=O) groups is 3. The molecule has 0 aliphatic carbocycles. The number of hydrogen-bond acceptors (Lipinski definition) is 9. The second kappa shape index (κ2) is 20.3. The molecule has 51 heavy (non-hydrogen) atoms. The molecule has 0 aliphatic heterocycles. The van der Waals surface area contributed by atoms with Crippen molar-refractivity contribution >= 4 is 17.9 Å². The largest absolute Gasteiger partial charge is 0.478 e. The molecule has 0 spiro atoms. The second-order valence-electron chi connectivity index (χ2n) is 11.3. The molecule has 3 heterocycles. The van der Waals surface area contributed by atoms with Crippen molar-refractivity contribution in [3.63, 3.8) is 0 Å². The number of hydrogen-bond donors (Lipinski definition) is 3. The van der Waals surface area contributed by atoms with Crippen LogP contribution in [-0.4, -0.2) is 61.9 Å². The summed E-state index contributed by atoms with van der Waals surface area (Å²) in [6.45, 7) is 17.6. The minimum absolute atomic E-state index is 0.110. The van der Waals surface area contributed by atoms with Gasteiger partial charge in [-0.25, -0.2) is 29.3 Å². The second-order valence-corrected chi connectivity index (χ2v) is 11.3. The molecule has 4 rings (SSSR count). The van der Waals surface area contributed by atoms with Crippen molar-refractivity contribution in [2.45, 2.75) is 99.7 Å². The van der Waals surface area contributed by atoms with Crippen molar-refractivity contribution in [3.05, 3.63) is 88.0 Å². The molecule has 270 valence electrons. The third-order valence-corrected chi connectivity index (χ3v) is 7.28. The van der Waals surface area contributed by atoms with Crippen LogP contribution in [-0.2, 0) is 19.3 Å². The van der Waals surface area contributed by atoms with Gasteiger partial charge in [0.15, 0.2) is 0 Å². The number of nitriles is 3. The van der Waals surface area contributed by atoms with Gasteiger partial charge in [-0.1, -0.05) is 20.8 Å². The lowest BCUT2D eigenvalue weighted by Crippen LogP contribution is -2.10. The quantitative estimate of drug-likeness (QED) is 0.175. The van der Waals surface area contributed by atoms with Gasteiger partial charge in [0.2, 0.25) is 0 Å². The Labute approximate surface area is 297 Å². The molecule has 3 N–H and O–H groups in total. The Balaban J connectivity index is 0.000000342. The summed E-state index contributed by atoms with van der Waals surface area (Å²) in [5.41, 5.74) is 1.70. The predicted octanol–water partition coefficient (Wildman–Crippen LogP) is 6.30. The molecule has 15 heteroatoms. The Morgan fingerprint density at radius 1 is 0.608 bits per heavy atom. The Bertz CT molecular complexity index is 1780. The van der Waals surface area contributed by atoms with E-state index in [4.69, 9.17) is 31.1 Å². The maximum Gasteiger partial charge on any atom is 0.336 e. The van der Waals surface area contributed by atoms with E-state index in [-0.39, 0.29) is 23.7 Å². The maximum absolute atomic E-state index is 10.6. The van der Waals surface area contributed by atoms with Crippen molar-refractivity contribution in [1.82, 2.24) is 28.7 Å². The molecule has 3 aromatic heterocycles. The standard InChI is InChI=1S/3C9H13N3.C9H6O6/c3*1-4-9-11-7(2)6-12(9)8(3)5-10;10-7(11)4-1-2-5(8(12)13)6(3-4)9(14)15/h3*6,8H,4H2,1-3H3;1-3H,(H,10,11)(H,12,13)(H,14,15). The Morgan fingerprint density at radius 2 is 0.922 bits per heavy atom. The first-order valence-electron chi connectivity index (χ1n) is 16.1. The molecule has 15 nitrogen and oxygen atoms in total. The number of imidazole rings is 3. The van der Waals surface area contributed by atoms with E-state index in [0.29, 0.717) is 0 Å². The van der Waals surface area contributed by atoms with Gasteiger partial charge in [-0.2, -0.15) is 15.8 Å². The summed E-state index contributed by atoms with van der Waals surface area (Å²) in [7, 11) is 0. The molecule has 0 saturated carbocycles. The van der Waals surface area contributed by atoms with Gasteiger partial charge in [0.05, 0.1) is 52.0 Å². The van der Waals surface area contributed by atoms with Crippen LogP contribution in [0.3, 0.4) is 0 Å². The van der Waals surface area contributed by atoms with E-state index < -0.39 is 29.0 Å². The Morgan fingerprint density at radius 3 is 1.16 bits per heavy atom. The third-order valence-electron chi connectivity index (χ3n) is 7.28. The first-order chi connectivity index (χ1) is 24.0. The van der Waals surface area contributed by atoms with Crippen molar-refractivity contribution < 1.29 is 29.7 Å². The van der Waals surface area contributed by atoms with Crippen molar-refractivity contribution in [3.8, 4) is 18.2 Å². The summed E-state index contributed by atoms with van der Waals surface area (Å²) < 4.78 is 5.78. The topological polar surface area (TPSA) is 237 Å². The molecular formula is C36H45N9O6. The summed E-state index contributed by atoms with van der Waals surface area (Å²) in [5, 5.41) is 52.0. The minimum atomic E-state index is -1.48. The average Bonchev–Trinajstić information content (AvgIpc) is 3.82. The lowest BCUT2D eigenvalue weighted by Gasteiger charge is -2.06. The fourth-order valence-corrected chi connectivity index (χ4v) is 4.72. The van der Waals surface area contributed by atoms with Gasteiger partial charge in [-0.15, -0.1) is 0 Å². The molecule has 0 bridgehead atoms. The van der Waals surface area contributed by atoms with Crippen LogP contribution >= 0.6 is 0 Å². The highest BCUT2D eigenvalue weighted by Gasteiger charge is 2.18. The van der Waals surface area contributed by atoms with Crippen LogP contribution in [0.15, 0.2) is 36.8 Å². The molecule has 3 unspecified atom stereocenters. The highest BCUT2D eigenvalue weighted by molar-refractivity contribution is 6.03. The van der Waals surface area contributed by atoms with Crippen LogP contribution in [0.1, 0.15) is 125 Å². The molecule has 4 aromatic rings. The predicted molar refractivity (Wildman–Crippen MR) is 187 cm³/mol. The van der Waals surface area contributed by atoms with Crippen LogP contribution in [0, 0.1) is 54.8 Å². The molecule has 0 radical (unpaired) electrons. The van der Waals surface area contributed by atoms with E-state index in [9.17, 15) is 14.4 Å². The summed E-state index contributed by atoms with van der Waals surface area (Å²) in [5.74, 6) is -1.24. The number of benzene rings is 1. The van der Waals surface area contributed by atoms with Crippen LogP contribution in [0.4, 0.5) is 0 Å². The number of aromatic nitrogens is 6. The molecule has 0 fully saturated rings. The van der Waals surface area contributed by atoms with Gasteiger partial charge in [0.1, 0.15) is 35.6 Å². The summed E-state index contributed by atoms with van der Waals surface area (Å²) in [6.07, 6.45) is 8.39. The Hall–Kier alpha value is -6.27. The zero-order valence-corrected chi connectivity index (χ0v) is 30.4. The minimum Gasteiger partial charge on any atom is -0.478 e. The number of aryl methyl sites for hydroxylation is 6. The summed E-state index contributed by atoms with van der Waals surface area (Å²) in [4.78, 5) is 44.7. The first-order valence-corrected chi connectivity index (χ1v) is 16.1. The summed E-state index contributed by atoms with van der Waals surface area (Å²) in [6, 6.07) is 9.05. The number of carboxylic acid groups (broad SMARTS) is 3. The normalized spacial score (nSPS) is 11.6. The van der Waals surface area contributed by atoms with Crippen molar-refractivity contribution in [1.29, 1.82) is 15.8 Å². The third kappa shape index (κ3) is 12.3. The molecule has 1 aromatic carbocycles. The molecule has 3 atom stereocenters. The lowest BCUT2D eigenvalue weighted by atomic mass is 10.0. The van der Waals surface area contributed by atoms with Gasteiger partial charge in [-0.05, 0) is 59.7 Å². The van der Waals surface area contributed by atoms with Crippen LogP contribution in [0.25, 0.3) is 0 Å². The van der Waals surface area contributed by atoms with Crippen molar-refractivity contribution in [2.24, 2.45) is 0 Å². The first kappa shape index (κ1) is 42.8. The highest BCUT2D eigenvalue weighted by Crippen LogP contribution is 2.14. The number of carboxylic acids is 3. The zero-order chi connectivity index (χ0) is 39.0. The van der Waals surface area contributed by atoms with Crippen LogP contribution < -0.4 is 0 Å². The van der Waals surface area contributed by atoms with E-state index >= 15 is 0 Å².